The van der Waals surface area contributed by atoms with Crippen molar-refractivity contribution in [3.05, 3.63) is 227 Å². The normalized spacial score (nSPS) is 14.6. The summed E-state index contributed by atoms with van der Waals surface area (Å²) >= 11 is 0. The number of nitrogens with zero attached hydrogens (tertiary/aromatic N) is 6. The molecule has 10 aromatic rings. The highest BCUT2D eigenvalue weighted by atomic mass is 16.6. The van der Waals surface area contributed by atoms with Gasteiger partial charge in [-0.2, -0.15) is 0 Å². The van der Waals surface area contributed by atoms with Crippen LogP contribution in [0.25, 0.3) is 44.1 Å². The Morgan fingerprint density at radius 3 is 1.28 bits per heavy atom. The second kappa shape index (κ2) is 40.2. The van der Waals surface area contributed by atoms with E-state index in [0.717, 1.165) is 84.5 Å². The maximum Gasteiger partial charge on any atom is 0.322 e. The van der Waals surface area contributed by atoms with Gasteiger partial charge >= 0.3 is 11.9 Å². The summed E-state index contributed by atoms with van der Waals surface area (Å²) in [5.74, 6) is -7.40. The largest absolute Gasteiger partial charge is 0.480 e. The van der Waals surface area contributed by atoms with Crippen LogP contribution in [0.4, 0.5) is 34.4 Å². The van der Waals surface area contributed by atoms with Gasteiger partial charge in [0.2, 0.25) is 23.6 Å². The number of carboxylic acids is 1. The van der Waals surface area contributed by atoms with Crippen LogP contribution in [0.1, 0.15) is 181 Å². The fraction of sp³-hybridized carbons (Fsp3) is 0.264. The molecule has 0 saturated carbocycles. The van der Waals surface area contributed by atoms with Gasteiger partial charge in [-0.25, -0.2) is 9.97 Å². The van der Waals surface area contributed by atoms with Crippen LogP contribution in [0, 0.1) is 0 Å². The number of rotatable bonds is 30. The first-order valence-corrected chi connectivity index (χ1v) is 40.2. The number of nitrogens with one attached hydrogen (secondary N) is 10. The number of aromatic nitrogens is 4. The number of hydrogen-bond donors (Lipinski definition) is 11. The van der Waals surface area contributed by atoms with E-state index in [1.807, 2.05) is 142 Å². The fourth-order valence-corrected chi connectivity index (χ4v) is 14.3. The molecule has 0 bridgehead atoms. The number of unbranched alkanes of at least 4 members (excludes halogenated alkanes) is 4. The summed E-state index contributed by atoms with van der Waals surface area (Å²) in [7, 11) is 3.17. The van der Waals surface area contributed by atoms with Crippen LogP contribution in [0.2, 0.25) is 0 Å². The van der Waals surface area contributed by atoms with Gasteiger partial charge in [0.15, 0.2) is 5.78 Å². The molecule has 4 aromatic heterocycles. The molecular weight excluding hydrogens is 1590 g/mol. The Hall–Kier alpha value is -15.3. The second-order valence-corrected chi connectivity index (χ2v) is 30.3. The zero-order valence-electron chi connectivity index (χ0n) is 68.5. The molecule has 8 heterocycles. The summed E-state index contributed by atoms with van der Waals surface area (Å²) in [5, 5.41) is 38.0. The molecule has 33 nitrogen and oxygen atoms in total. The summed E-state index contributed by atoms with van der Waals surface area (Å²) in [5.41, 5.74) is 9.62. The van der Waals surface area contributed by atoms with Crippen LogP contribution >= 0.6 is 0 Å². The van der Waals surface area contributed by atoms with Crippen molar-refractivity contribution in [2.75, 3.05) is 61.5 Å². The van der Waals surface area contributed by atoms with Crippen LogP contribution < -0.4 is 53.2 Å². The highest BCUT2D eigenvalue weighted by molar-refractivity contribution is 6.26. The molecule has 0 radical (unpaired) electrons. The van der Waals surface area contributed by atoms with Gasteiger partial charge in [-0.3, -0.25) is 102 Å². The second-order valence-electron chi connectivity index (χ2n) is 30.3. The number of esters is 1. The molecule has 4 aliphatic heterocycles. The maximum atomic E-state index is 13.2. The summed E-state index contributed by atoms with van der Waals surface area (Å²) in [6, 6.07) is 46.2. The summed E-state index contributed by atoms with van der Waals surface area (Å²) in [6.45, 7) is 5.94. The van der Waals surface area contributed by atoms with Crippen molar-refractivity contribution in [3.8, 4) is 22.3 Å². The molecule has 0 spiro atoms. The molecule has 14 rings (SSSR count). The number of Topliss-reactive ketones (excluding diaryl/α,β-unsaturated/α-hetero) is 1. The molecule has 0 aliphatic carbocycles. The zero-order chi connectivity index (χ0) is 88.3. The molecule has 2 saturated heterocycles. The Bertz CT molecular complexity index is 5840. The van der Waals surface area contributed by atoms with Gasteiger partial charge in [0.05, 0.1) is 62.3 Å². The first-order valence-electron chi connectivity index (χ1n) is 40.2. The third kappa shape index (κ3) is 21.5. The van der Waals surface area contributed by atoms with Gasteiger partial charge in [0.1, 0.15) is 35.9 Å². The number of carbonyl (C=O) groups is 15. The predicted octanol–water partition coefficient (Wildman–Crippen LogP) is 10.4. The minimum absolute atomic E-state index is 0.00867. The summed E-state index contributed by atoms with van der Waals surface area (Å²) < 4.78 is 5.32. The minimum Gasteiger partial charge on any atom is -0.480 e. The van der Waals surface area contributed by atoms with Gasteiger partial charge in [-0.05, 0) is 166 Å². The van der Waals surface area contributed by atoms with Gasteiger partial charge < -0.3 is 52.4 Å². The highest BCUT2D eigenvalue weighted by Crippen LogP contribution is 2.38. The number of amides is 12. The van der Waals surface area contributed by atoms with Crippen molar-refractivity contribution < 1.29 is 81.8 Å². The van der Waals surface area contributed by atoms with Gasteiger partial charge in [-0.1, -0.05) is 85.6 Å². The number of ether oxygens (including phenoxy) is 1. The van der Waals surface area contributed by atoms with Crippen LogP contribution in [0.5, 0.6) is 0 Å². The molecule has 2 atom stereocenters. The van der Waals surface area contributed by atoms with E-state index < -0.39 is 77.5 Å². The SMILES string of the molecule is CNC(=O)c1cnc2ccc(-c3ccc(C(=O)NCCCCCC(=O)CNc4nccc5c4C(=O)N(C4CCC(=O)NC4=O)C5=O)cc3)cc2c1Nc1ccccc1.CNC(=O)c1cnc2ccc(-c3ccc(C(=O)NCCCCCC(=O)OC(C)(C)C)cc3)cc2c1Nc1ccccc1.O=C(O)CNc1nccc2c1C(=O)N(C1CCC(=O)NC1=O)C2=O. The van der Waals surface area contributed by atoms with E-state index in [1.54, 1.807) is 50.8 Å². The van der Waals surface area contributed by atoms with E-state index in [4.69, 9.17) is 9.84 Å². The quantitative estimate of drug-likeness (QED) is 0.0113. The van der Waals surface area contributed by atoms with E-state index in [-0.39, 0.29) is 108 Å². The summed E-state index contributed by atoms with van der Waals surface area (Å²) in [4.78, 5) is 203. The number of fused-ring (bicyclic) bond motifs is 4. The monoisotopic (exact) mass is 1680 g/mol. The maximum absolute atomic E-state index is 13.2. The van der Waals surface area contributed by atoms with Crippen molar-refractivity contribution >= 4 is 145 Å². The number of anilines is 6. The van der Waals surface area contributed by atoms with E-state index in [0.29, 0.717) is 72.4 Å². The Morgan fingerprint density at radius 1 is 0.468 bits per heavy atom. The number of ketones is 1. The standard InChI is InChI=1S/C43H40N8O7.C34H38N4O4.C14H12N4O6/c1-44-40(55)32-24-47-33-16-15-27(22-31(33)37(32)49-28-8-4-2-5-9-28)25-11-13-26(14-12-25)39(54)46-20-7-3-6-10-29(52)23-48-38-36-30(19-21-45-38)42(57)51(43(36)58)34-17-18-35(53)50-41(34)56;1-34(2,3)42-30(39)13-9-6-10-20-36-32(40)24-16-14-23(15-17-24)25-18-19-29-27(21-25)31(28(22-37-29)33(41)35-4)38-26-11-7-5-8-12-26;19-8-2-1-7(12(22)17-8)18-13(23)6-3-4-15-11(10(6)14(18)24)16-5-9(20)21/h2,4-5,8-9,11-16,19,21-22,24,34H,3,6-7,10,17-18,20,23H2,1H3,(H,44,55)(H,45,48)(H,46,54)(H,47,49)(H,50,53,56);5,7-8,11-12,14-19,21-22H,6,9-10,13,20H2,1-4H3,(H,35,41)(H,36,40)(H,37,38);3-4,7H,1-2,5H2,(H,15,16)(H,20,21)(H,17,19,22). The molecule has 6 aromatic carbocycles. The molecule has 11 N–H and O–H groups in total. The molecule has 636 valence electrons. The number of benzene rings is 6. The minimum atomic E-state index is -1.16. The van der Waals surface area contributed by atoms with Gasteiger partial charge in [0, 0.05) is 111 Å². The lowest BCUT2D eigenvalue weighted by Crippen LogP contribution is -2.54. The number of aliphatic carboxylic acids is 1. The van der Waals surface area contributed by atoms with Crippen LogP contribution in [-0.4, -0.2) is 181 Å². The number of pyridine rings is 4. The molecule has 2 unspecified atom stereocenters. The first-order chi connectivity index (χ1) is 59.7. The third-order valence-corrected chi connectivity index (χ3v) is 20.5. The topological polar surface area (TPSA) is 464 Å². The molecule has 33 heteroatoms. The average Bonchev–Trinajstić information content (AvgIpc) is 1.60. The summed E-state index contributed by atoms with van der Waals surface area (Å²) in [6.07, 6.45) is 10.8. The van der Waals surface area contributed by atoms with E-state index in [2.05, 4.69) is 73.1 Å². The van der Waals surface area contributed by atoms with E-state index in [1.165, 1.54) is 24.5 Å². The highest BCUT2D eigenvalue weighted by Gasteiger charge is 2.48. The zero-order valence-corrected chi connectivity index (χ0v) is 68.5. The Morgan fingerprint density at radius 2 is 0.879 bits per heavy atom. The van der Waals surface area contributed by atoms with Crippen molar-refractivity contribution in [2.24, 2.45) is 0 Å². The van der Waals surface area contributed by atoms with Crippen LogP contribution in [0.15, 0.2) is 183 Å². The van der Waals surface area contributed by atoms with E-state index >= 15 is 0 Å². The van der Waals surface area contributed by atoms with Crippen LogP contribution in [-0.2, 0) is 38.3 Å². The van der Waals surface area contributed by atoms with Crippen LogP contribution in [0.3, 0.4) is 0 Å². The first kappa shape index (κ1) is 88.0. The fourth-order valence-electron chi connectivity index (χ4n) is 14.3. The number of hydrogen-bond acceptors (Lipinski definition) is 24. The predicted molar refractivity (Wildman–Crippen MR) is 459 cm³/mol. The number of carbonyl (C=O) groups excluding carboxylic acids is 14. The van der Waals surface area contributed by atoms with Gasteiger partial charge in [-0.15, -0.1) is 0 Å². The molecular formula is C91H90N16O17. The van der Waals surface area contributed by atoms with Gasteiger partial charge in [0.25, 0.3) is 47.3 Å². The molecule has 2 fully saturated rings. The Labute approximate surface area is 711 Å². The molecule has 124 heavy (non-hydrogen) atoms. The molecule has 12 amide bonds. The van der Waals surface area contributed by atoms with Crippen molar-refractivity contribution in [3.63, 3.8) is 0 Å². The lowest BCUT2D eigenvalue weighted by Gasteiger charge is -2.27. The Balaban J connectivity index is 0.000000185. The average molecular weight is 1680 g/mol. The third-order valence-electron chi connectivity index (χ3n) is 20.5. The lowest BCUT2D eigenvalue weighted by atomic mass is 9.99. The Kier molecular flexibility index (Phi) is 28.5. The van der Waals surface area contributed by atoms with E-state index in [9.17, 15) is 71.9 Å². The smallest absolute Gasteiger partial charge is 0.322 e. The molecule has 4 aliphatic rings. The number of piperidine rings is 2. The number of imide groups is 4. The number of carboxylic acid groups (broad SMARTS) is 1. The number of para-hydroxylation sites is 2. The van der Waals surface area contributed by atoms with Crippen molar-refractivity contribution in [2.45, 2.75) is 116 Å². The van der Waals surface area contributed by atoms with Crippen molar-refractivity contribution in [1.82, 2.24) is 61.6 Å². The lowest BCUT2D eigenvalue weighted by molar-refractivity contribution is -0.155. The van der Waals surface area contributed by atoms with Crippen molar-refractivity contribution in [1.29, 1.82) is 0 Å².